The predicted octanol–water partition coefficient (Wildman–Crippen LogP) is 1.21. The molecule has 1 atom stereocenters. The Morgan fingerprint density at radius 3 is 2.54 bits per heavy atom. The Hall–Kier alpha value is -2.73. The van der Waals surface area contributed by atoms with Gasteiger partial charge in [0.1, 0.15) is 12.4 Å². The molecule has 5 nitrogen and oxygen atoms in total. The number of quaternary nitrogens is 1. The van der Waals surface area contributed by atoms with Gasteiger partial charge in [0.15, 0.2) is 6.54 Å². The monoisotopic (exact) mass is 358 g/mol. The smallest absolute Gasteiger partial charge is 0.275 e. The summed E-state index contributed by atoms with van der Waals surface area (Å²) < 4.78 is 13.2. The van der Waals surface area contributed by atoms with Crippen LogP contribution in [0.5, 0.6) is 0 Å². The second kappa shape index (κ2) is 9.10. The molecule has 3 N–H and O–H groups in total. The van der Waals surface area contributed by atoms with E-state index in [1.54, 1.807) is 6.07 Å². The molecule has 2 rings (SSSR count). The van der Waals surface area contributed by atoms with Gasteiger partial charge in [-0.05, 0) is 43.2 Å². The van der Waals surface area contributed by atoms with Crippen molar-refractivity contribution in [3.63, 3.8) is 0 Å². The molecule has 2 aromatic rings. The van der Waals surface area contributed by atoms with E-state index in [1.807, 2.05) is 45.2 Å². The van der Waals surface area contributed by atoms with E-state index >= 15 is 0 Å². The fraction of sp³-hybridized carbons (Fsp3) is 0.300. The molecular formula is C20H25FN3O2+. The van der Waals surface area contributed by atoms with Crippen LogP contribution in [0.3, 0.4) is 0 Å². The van der Waals surface area contributed by atoms with E-state index in [4.69, 9.17) is 0 Å². The van der Waals surface area contributed by atoms with Crippen LogP contribution in [0.1, 0.15) is 16.7 Å². The summed E-state index contributed by atoms with van der Waals surface area (Å²) in [6, 6.07) is 12.0. The van der Waals surface area contributed by atoms with Crippen molar-refractivity contribution in [2.24, 2.45) is 0 Å². The van der Waals surface area contributed by atoms with Crippen LogP contribution in [0.2, 0.25) is 0 Å². The third-order valence-electron chi connectivity index (χ3n) is 4.18. The minimum absolute atomic E-state index is 0.0839. The van der Waals surface area contributed by atoms with Crippen LogP contribution in [-0.4, -0.2) is 32.0 Å². The molecule has 0 radical (unpaired) electrons. The van der Waals surface area contributed by atoms with E-state index in [2.05, 4.69) is 10.6 Å². The third-order valence-corrected chi connectivity index (χ3v) is 4.18. The molecule has 0 spiro atoms. The summed E-state index contributed by atoms with van der Waals surface area (Å²) in [6.45, 7) is 4.56. The molecule has 0 aliphatic carbocycles. The Morgan fingerprint density at radius 1 is 1.08 bits per heavy atom. The Labute approximate surface area is 153 Å². The molecule has 138 valence electrons. The van der Waals surface area contributed by atoms with Crippen molar-refractivity contribution in [1.29, 1.82) is 0 Å². The van der Waals surface area contributed by atoms with Crippen molar-refractivity contribution in [2.75, 3.05) is 25.5 Å². The largest absolute Gasteiger partial charge is 0.342 e. The number of amides is 2. The van der Waals surface area contributed by atoms with Gasteiger partial charge in [0.2, 0.25) is 5.91 Å². The molecule has 0 heterocycles. The lowest BCUT2D eigenvalue weighted by molar-refractivity contribution is -0.885. The number of hydrogen-bond donors (Lipinski definition) is 3. The number of nitrogens with one attached hydrogen (secondary N) is 3. The highest BCUT2D eigenvalue weighted by atomic mass is 19.1. The quantitative estimate of drug-likeness (QED) is 0.697. The second-order valence-corrected chi connectivity index (χ2v) is 6.51. The van der Waals surface area contributed by atoms with Crippen molar-refractivity contribution in [3.05, 3.63) is 65.0 Å². The standard InChI is InChI=1S/C20H24FN3O2/c1-14-6-4-9-18(15(14)2)23-19(25)11-22-20(26)13-24(3)12-16-7-5-8-17(21)10-16/h4-10H,11-13H2,1-3H3,(H,22,26)(H,23,25)/p+1. The lowest BCUT2D eigenvalue weighted by atomic mass is 10.1. The molecule has 0 aliphatic rings. The summed E-state index contributed by atoms with van der Waals surface area (Å²) >= 11 is 0. The van der Waals surface area contributed by atoms with Crippen LogP contribution in [0.25, 0.3) is 0 Å². The van der Waals surface area contributed by atoms with E-state index in [1.165, 1.54) is 12.1 Å². The van der Waals surface area contributed by atoms with Crippen LogP contribution < -0.4 is 15.5 Å². The lowest BCUT2D eigenvalue weighted by Gasteiger charge is -2.14. The minimum Gasteiger partial charge on any atom is -0.342 e. The molecule has 1 unspecified atom stereocenters. The van der Waals surface area contributed by atoms with Gasteiger partial charge in [0.25, 0.3) is 5.91 Å². The van der Waals surface area contributed by atoms with Crippen molar-refractivity contribution < 1.29 is 18.9 Å². The topological polar surface area (TPSA) is 62.6 Å². The molecule has 2 aromatic carbocycles. The Balaban J connectivity index is 1.77. The molecule has 2 amide bonds. The lowest BCUT2D eigenvalue weighted by Crippen LogP contribution is -3.08. The predicted molar refractivity (Wildman–Crippen MR) is 99.4 cm³/mol. The number of carbonyl (C=O) groups is 2. The highest BCUT2D eigenvalue weighted by molar-refractivity contribution is 5.95. The first kappa shape index (κ1) is 19.6. The molecule has 0 bridgehead atoms. The van der Waals surface area contributed by atoms with Gasteiger partial charge in [-0.1, -0.05) is 24.3 Å². The number of aryl methyl sites for hydroxylation is 1. The molecule has 0 fully saturated rings. The van der Waals surface area contributed by atoms with Crippen LogP contribution in [0, 0.1) is 19.7 Å². The summed E-state index contributed by atoms with van der Waals surface area (Å²) in [5.74, 6) is -0.785. The van der Waals surface area contributed by atoms with Gasteiger partial charge in [-0.2, -0.15) is 0 Å². The number of anilines is 1. The third kappa shape index (κ3) is 5.97. The summed E-state index contributed by atoms with van der Waals surface area (Å²) in [5, 5.41) is 5.42. The second-order valence-electron chi connectivity index (χ2n) is 6.51. The van der Waals surface area contributed by atoms with E-state index < -0.39 is 0 Å². The maximum atomic E-state index is 13.2. The van der Waals surface area contributed by atoms with Gasteiger partial charge in [-0.3, -0.25) is 9.59 Å². The molecular weight excluding hydrogens is 333 g/mol. The van der Waals surface area contributed by atoms with Crippen molar-refractivity contribution in [3.8, 4) is 0 Å². The molecule has 6 heteroatoms. The van der Waals surface area contributed by atoms with Gasteiger partial charge in [0, 0.05) is 11.3 Å². The van der Waals surface area contributed by atoms with Gasteiger partial charge in [-0.15, -0.1) is 0 Å². The Morgan fingerprint density at radius 2 is 1.81 bits per heavy atom. The normalized spacial score (nSPS) is 11.7. The Kier molecular flexibility index (Phi) is 6.86. The molecule has 0 saturated heterocycles. The highest BCUT2D eigenvalue weighted by Crippen LogP contribution is 2.17. The van der Waals surface area contributed by atoms with Gasteiger partial charge >= 0.3 is 0 Å². The summed E-state index contributed by atoms with van der Waals surface area (Å²) in [7, 11) is 1.85. The van der Waals surface area contributed by atoms with Crippen molar-refractivity contribution in [2.45, 2.75) is 20.4 Å². The van der Waals surface area contributed by atoms with Gasteiger partial charge in [0.05, 0.1) is 13.6 Å². The first-order chi connectivity index (χ1) is 12.3. The van der Waals surface area contributed by atoms with Gasteiger partial charge in [-0.25, -0.2) is 4.39 Å². The summed E-state index contributed by atoms with van der Waals surface area (Å²) in [5.41, 5.74) is 3.67. The van der Waals surface area contributed by atoms with Crippen molar-refractivity contribution in [1.82, 2.24) is 5.32 Å². The number of halogens is 1. The fourth-order valence-electron chi connectivity index (χ4n) is 2.65. The maximum Gasteiger partial charge on any atom is 0.275 e. The zero-order valence-electron chi connectivity index (χ0n) is 15.4. The molecule has 0 aromatic heterocycles. The summed E-state index contributed by atoms with van der Waals surface area (Å²) in [6.07, 6.45) is 0. The minimum atomic E-state index is -0.289. The van der Waals surface area contributed by atoms with Crippen molar-refractivity contribution >= 4 is 17.5 Å². The number of hydrogen-bond acceptors (Lipinski definition) is 2. The van der Waals surface area contributed by atoms with E-state index in [0.717, 1.165) is 27.3 Å². The highest BCUT2D eigenvalue weighted by Gasteiger charge is 2.13. The van der Waals surface area contributed by atoms with Crippen LogP contribution in [0.4, 0.5) is 10.1 Å². The molecule has 0 saturated carbocycles. The van der Waals surface area contributed by atoms with Crippen LogP contribution >= 0.6 is 0 Å². The fourth-order valence-corrected chi connectivity index (χ4v) is 2.65. The maximum absolute atomic E-state index is 13.2. The van der Waals surface area contributed by atoms with E-state index in [9.17, 15) is 14.0 Å². The number of carbonyl (C=O) groups excluding carboxylic acids is 2. The SMILES string of the molecule is Cc1cccc(NC(=O)CNC(=O)C[NH+](C)Cc2cccc(F)c2)c1C. The van der Waals surface area contributed by atoms with Crippen LogP contribution in [0.15, 0.2) is 42.5 Å². The molecule has 0 aliphatic heterocycles. The Bertz CT molecular complexity index is 792. The first-order valence-electron chi connectivity index (χ1n) is 8.53. The van der Waals surface area contributed by atoms with Gasteiger partial charge < -0.3 is 15.5 Å². The zero-order valence-corrected chi connectivity index (χ0v) is 15.4. The average molecular weight is 358 g/mol. The average Bonchev–Trinajstić information content (AvgIpc) is 2.57. The zero-order chi connectivity index (χ0) is 19.1. The first-order valence-corrected chi connectivity index (χ1v) is 8.53. The molecule has 26 heavy (non-hydrogen) atoms. The van der Waals surface area contributed by atoms with Crippen LogP contribution in [-0.2, 0) is 16.1 Å². The van der Waals surface area contributed by atoms with E-state index in [-0.39, 0.29) is 30.7 Å². The number of rotatable bonds is 7. The van der Waals surface area contributed by atoms with E-state index in [0.29, 0.717) is 6.54 Å². The number of likely N-dealkylation sites (N-methyl/N-ethyl adjacent to an activating group) is 1. The summed E-state index contributed by atoms with van der Waals surface area (Å²) in [4.78, 5) is 24.9. The number of benzene rings is 2.